The van der Waals surface area contributed by atoms with Crippen molar-refractivity contribution >= 4 is 33.5 Å². The molecule has 0 aromatic heterocycles. The maximum Gasteiger partial charge on any atom is 0.317 e. The monoisotopic (exact) mass is 355 g/mol. The van der Waals surface area contributed by atoms with Gasteiger partial charge in [0, 0.05) is 30.7 Å². The highest BCUT2D eigenvalue weighted by Crippen LogP contribution is 2.26. The zero-order valence-corrected chi connectivity index (χ0v) is 13.2. The Hall–Kier alpha value is -1.60. The number of carboxylic acids is 1. The number of carbonyl (C=O) groups is 2. The van der Waals surface area contributed by atoms with Crippen molar-refractivity contribution in [3.8, 4) is 0 Å². The molecule has 7 heteroatoms. The molecule has 6 nitrogen and oxygen atoms in total. The number of nitrogens with zero attached hydrogens (tertiary/aromatic N) is 2. The van der Waals surface area contributed by atoms with E-state index in [1.165, 1.54) is 0 Å². The summed E-state index contributed by atoms with van der Waals surface area (Å²) in [6.07, 6.45) is 0.845. The average Bonchev–Trinajstić information content (AvgIpc) is 2.63. The van der Waals surface area contributed by atoms with E-state index >= 15 is 0 Å². The molecule has 1 aromatic rings. The summed E-state index contributed by atoms with van der Waals surface area (Å²) in [6, 6.07) is 5.38. The van der Waals surface area contributed by atoms with Gasteiger partial charge < -0.3 is 15.7 Å². The molecule has 1 saturated heterocycles. The van der Waals surface area contributed by atoms with Gasteiger partial charge in [-0.3, -0.25) is 14.5 Å². The molecule has 0 atom stereocenters. The van der Waals surface area contributed by atoms with Crippen molar-refractivity contribution in [2.75, 3.05) is 37.6 Å². The fraction of sp³-hybridized carbons (Fsp3) is 0.429. The van der Waals surface area contributed by atoms with Crippen LogP contribution in [0, 0.1) is 0 Å². The summed E-state index contributed by atoms with van der Waals surface area (Å²) in [4.78, 5) is 26.4. The zero-order chi connectivity index (χ0) is 15.4. The van der Waals surface area contributed by atoms with Gasteiger partial charge in [0.2, 0.25) is 0 Å². The number of nitrogens with two attached hydrogens (primary N) is 1. The second-order valence-corrected chi connectivity index (χ2v) is 5.95. The highest BCUT2D eigenvalue weighted by Gasteiger charge is 2.20. The smallest absolute Gasteiger partial charge is 0.317 e. The van der Waals surface area contributed by atoms with E-state index in [1.807, 2.05) is 11.0 Å². The number of carbonyl (C=O) groups excluding carboxylic acids is 1. The Morgan fingerprint density at radius 3 is 2.67 bits per heavy atom. The summed E-state index contributed by atoms with van der Waals surface area (Å²) in [5.41, 5.74) is 6.73. The standard InChI is InChI=1S/C14H18BrN3O3/c15-10-2-3-11(14(16)21)12(8-10)18-5-1-4-17(6-7-18)9-13(19)20/h2-3,8H,1,4-7,9H2,(H2,16,21)(H,19,20). The van der Waals surface area contributed by atoms with Crippen LogP contribution < -0.4 is 10.6 Å². The molecule has 2 rings (SSSR count). The normalized spacial score (nSPS) is 16.5. The minimum atomic E-state index is -0.816. The minimum Gasteiger partial charge on any atom is -0.480 e. The van der Waals surface area contributed by atoms with E-state index in [0.29, 0.717) is 18.7 Å². The van der Waals surface area contributed by atoms with Crippen LogP contribution in [0.25, 0.3) is 0 Å². The lowest BCUT2D eigenvalue weighted by Gasteiger charge is -2.25. The first-order chi connectivity index (χ1) is 9.97. The van der Waals surface area contributed by atoms with Crippen LogP contribution in [0.5, 0.6) is 0 Å². The van der Waals surface area contributed by atoms with Crippen molar-refractivity contribution in [2.45, 2.75) is 6.42 Å². The van der Waals surface area contributed by atoms with Gasteiger partial charge in [0.15, 0.2) is 0 Å². The number of hydrogen-bond acceptors (Lipinski definition) is 4. The predicted molar refractivity (Wildman–Crippen MR) is 83.6 cm³/mol. The second kappa shape index (κ2) is 6.91. The summed E-state index contributed by atoms with van der Waals surface area (Å²) < 4.78 is 0.883. The molecule has 1 aliphatic heterocycles. The number of primary amides is 1. The van der Waals surface area contributed by atoms with E-state index in [4.69, 9.17) is 10.8 Å². The van der Waals surface area contributed by atoms with Crippen molar-refractivity contribution in [3.05, 3.63) is 28.2 Å². The SMILES string of the molecule is NC(=O)c1ccc(Br)cc1N1CCCN(CC(=O)O)CC1. The molecule has 0 bridgehead atoms. The lowest BCUT2D eigenvalue weighted by Crippen LogP contribution is -2.34. The average molecular weight is 356 g/mol. The van der Waals surface area contributed by atoms with Gasteiger partial charge in [0.1, 0.15) is 0 Å². The van der Waals surface area contributed by atoms with Crippen molar-refractivity contribution in [3.63, 3.8) is 0 Å². The van der Waals surface area contributed by atoms with Gasteiger partial charge in [-0.05, 0) is 24.6 Å². The number of carboxylic acid groups (broad SMARTS) is 1. The number of aliphatic carboxylic acids is 1. The topological polar surface area (TPSA) is 86.9 Å². The van der Waals surface area contributed by atoms with E-state index in [2.05, 4.69) is 20.8 Å². The van der Waals surface area contributed by atoms with E-state index in [1.54, 1.807) is 12.1 Å². The van der Waals surface area contributed by atoms with Gasteiger partial charge in [-0.15, -0.1) is 0 Å². The number of benzene rings is 1. The molecule has 0 spiro atoms. The van der Waals surface area contributed by atoms with Crippen LogP contribution in [0.15, 0.2) is 22.7 Å². The van der Waals surface area contributed by atoms with Gasteiger partial charge in [-0.25, -0.2) is 0 Å². The van der Waals surface area contributed by atoms with Gasteiger partial charge in [-0.2, -0.15) is 0 Å². The lowest BCUT2D eigenvalue weighted by molar-refractivity contribution is -0.138. The van der Waals surface area contributed by atoms with E-state index in [0.717, 1.165) is 29.7 Å². The van der Waals surface area contributed by atoms with E-state index in [9.17, 15) is 9.59 Å². The van der Waals surface area contributed by atoms with E-state index in [-0.39, 0.29) is 6.54 Å². The van der Waals surface area contributed by atoms with Crippen molar-refractivity contribution in [2.24, 2.45) is 5.73 Å². The molecule has 1 fully saturated rings. The Balaban J connectivity index is 2.17. The van der Waals surface area contributed by atoms with Crippen LogP contribution in [-0.4, -0.2) is 54.6 Å². The molecule has 0 radical (unpaired) electrons. The molecular formula is C14H18BrN3O3. The molecule has 0 saturated carbocycles. The number of amides is 1. The van der Waals surface area contributed by atoms with Crippen molar-refractivity contribution < 1.29 is 14.7 Å². The second-order valence-electron chi connectivity index (χ2n) is 5.04. The first-order valence-corrected chi connectivity index (χ1v) is 7.55. The van der Waals surface area contributed by atoms with Crippen molar-refractivity contribution in [1.82, 2.24) is 4.90 Å². The van der Waals surface area contributed by atoms with Crippen LogP contribution >= 0.6 is 15.9 Å². The fourth-order valence-electron chi connectivity index (χ4n) is 2.54. The highest BCUT2D eigenvalue weighted by molar-refractivity contribution is 9.10. The fourth-order valence-corrected chi connectivity index (χ4v) is 2.89. The number of anilines is 1. The first-order valence-electron chi connectivity index (χ1n) is 6.76. The predicted octanol–water partition coefficient (Wildman–Crippen LogP) is 1.14. The molecule has 0 aliphatic carbocycles. The Kier molecular flexibility index (Phi) is 5.19. The van der Waals surface area contributed by atoms with Crippen LogP contribution in [-0.2, 0) is 4.79 Å². The molecule has 21 heavy (non-hydrogen) atoms. The largest absolute Gasteiger partial charge is 0.480 e. The highest BCUT2D eigenvalue weighted by atomic mass is 79.9. The van der Waals surface area contributed by atoms with E-state index < -0.39 is 11.9 Å². The van der Waals surface area contributed by atoms with Crippen LogP contribution in [0.2, 0.25) is 0 Å². The Labute approximate surface area is 131 Å². The molecule has 1 aromatic carbocycles. The Morgan fingerprint density at radius 1 is 1.24 bits per heavy atom. The molecule has 3 N–H and O–H groups in total. The quantitative estimate of drug-likeness (QED) is 0.845. The number of rotatable bonds is 4. The number of hydrogen-bond donors (Lipinski definition) is 2. The maximum atomic E-state index is 11.6. The zero-order valence-electron chi connectivity index (χ0n) is 11.6. The van der Waals surface area contributed by atoms with Crippen LogP contribution in [0.1, 0.15) is 16.8 Å². The molecular weight excluding hydrogens is 338 g/mol. The van der Waals surface area contributed by atoms with Crippen LogP contribution in [0.4, 0.5) is 5.69 Å². The molecule has 1 heterocycles. The summed E-state index contributed by atoms with van der Waals surface area (Å²) in [5, 5.41) is 8.87. The minimum absolute atomic E-state index is 0.0506. The maximum absolute atomic E-state index is 11.6. The van der Waals surface area contributed by atoms with Gasteiger partial charge in [0.25, 0.3) is 5.91 Å². The third-order valence-corrected chi connectivity index (χ3v) is 4.01. The molecule has 1 amide bonds. The van der Waals surface area contributed by atoms with Gasteiger partial charge in [-0.1, -0.05) is 15.9 Å². The Morgan fingerprint density at radius 2 is 2.00 bits per heavy atom. The van der Waals surface area contributed by atoms with Gasteiger partial charge in [0.05, 0.1) is 17.8 Å². The molecule has 1 aliphatic rings. The number of halogens is 1. The summed E-state index contributed by atoms with van der Waals surface area (Å²) in [5.74, 6) is -1.27. The lowest BCUT2D eigenvalue weighted by atomic mass is 10.1. The van der Waals surface area contributed by atoms with Crippen LogP contribution in [0.3, 0.4) is 0 Å². The van der Waals surface area contributed by atoms with Crippen molar-refractivity contribution in [1.29, 1.82) is 0 Å². The summed E-state index contributed by atoms with van der Waals surface area (Å²) in [6.45, 7) is 2.88. The third-order valence-electron chi connectivity index (χ3n) is 3.51. The summed E-state index contributed by atoms with van der Waals surface area (Å²) >= 11 is 3.41. The third kappa shape index (κ3) is 4.18. The van der Waals surface area contributed by atoms with Gasteiger partial charge >= 0.3 is 5.97 Å². The molecule has 0 unspecified atom stereocenters. The summed E-state index contributed by atoms with van der Waals surface area (Å²) in [7, 11) is 0. The Bertz CT molecular complexity index is 550. The first kappa shape index (κ1) is 15.8. The molecule has 114 valence electrons.